The molecule has 36 heavy (non-hydrogen) atoms. The number of halogens is 2. The van der Waals surface area contributed by atoms with Crippen molar-refractivity contribution in [2.24, 2.45) is 0 Å². The Balaban J connectivity index is 1.77. The van der Waals surface area contributed by atoms with Gasteiger partial charge >= 0.3 is 0 Å². The van der Waals surface area contributed by atoms with Gasteiger partial charge in [0.15, 0.2) is 0 Å². The smallest absolute Gasteiger partial charge is 0.261 e. The Morgan fingerprint density at radius 3 is 1.33 bits per heavy atom. The first-order chi connectivity index (χ1) is 17.3. The van der Waals surface area contributed by atoms with E-state index in [1.54, 1.807) is 38.1 Å². The average Bonchev–Trinajstić information content (AvgIpc) is 2.86. The average molecular weight is 515 g/mol. The summed E-state index contributed by atoms with van der Waals surface area (Å²) in [6.45, 7) is 4.00. The number of carbonyl (C=O) groups is 4. The van der Waals surface area contributed by atoms with E-state index in [4.69, 9.17) is 23.2 Å². The van der Waals surface area contributed by atoms with Gasteiger partial charge in [-0.2, -0.15) is 0 Å². The van der Waals surface area contributed by atoms with Gasteiger partial charge in [-0.1, -0.05) is 35.3 Å². The third-order valence-corrected chi connectivity index (χ3v) is 8.14. The fraction of sp³-hybridized carbons (Fsp3) is 0.143. The van der Waals surface area contributed by atoms with E-state index < -0.39 is 11.8 Å². The normalized spacial score (nSPS) is 15.6. The van der Waals surface area contributed by atoms with Crippen LogP contribution >= 0.6 is 23.2 Å². The summed E-state index contributed by atoms with van der Waals surface area (Å²) >= 11 is 13.7. The zero-order valence-electron chi connectivity index (χ0n) is 19.2. The lowest BCUT2D eigenvalue weighted by Gasteiger charge is -2.30. The molecule has 8 heteroatoms. The van der Waals surface area contributed by atoms with E-state index in [2.05, 4.69) is 0 Å². The summed E-state index contributed by atoms with van der Waals surface area (Å²) in [6.07, 6.45) is 0. The first kappa shape index (κ1) is 21.5. The molecule has 0 unspecified atom stereocenters. The van der Waals surface area contributed by atoms with Crippen LogP contribution < -0.4 is 0 Å². The second-order valence-corrected chi connectivity index (χ2v) is 9.91. The Bertz CT molecular complexity index is 1800. The Labute approximate surface area is 214 Å². The maximum atomic E-state index is 13.2. The van der Waals surface area contributed by atoms with Gasteiger partial charge in [-0.25, -0.2) is 0 Å². The molecule has 2 aliphatic heterocycles. The van der Waals surface area contributed by atoms with Gasteiger partial charge in [-0.15, -0.1) is 0 Å². The van der Waals surface area contributed by atoms with Crippen LogP contribution in [0, 0.1) is 0 Å². The molecule has 0 aliphatic carbocycles. The maximum Gasteiger partial charge on any atom is 0.261 e. The molecule has 7 rings (SSSR count). The minimum atomic E-state index is -0.399. The van der Waals surface area contributed by atoms with E-state index in [0.717, 1.165) is 10.8 Å². The summed E-state index contributed by atoms with van der Waals surface area (Å²) in [6, 6.07) is 10.3. The molecule has 0 fully saturated rings. The van der Waals surface area contributed by atoms with Crippen LogP contribution in [0.5, 0.6) is 0 Å². The number of nitrogens with zero attached hydrogens (tertiary/aromatic N) is 2. The van der Waals surface area contributed by atoms with Crippen molar-refractivity contribution in [1.82, 2.24) is 9.80 Å². The van der Waals surface area contributed by atoms with Gasteiger partial charge in [-0.05, 0) is 54.3 Å². The lowest BCUT2D eigenvalue weighted by molar-refractivity contribution is 0.0603. The van der Waals surface area contributed by atoms with Crippen molar-refractivity contribution >= 4 is 89.9 Å². The maximum absolute atomic E-state index is 13.2. The van der Waals surface area contributed by atoms with Crippen molar-refractivity contribution in [2.45, 2.75) is 13.8 Å². The molecule has 0 saturated carbocycles. The van der Waals surface area contributed by atoms with Crippen molar-refractivity contribution in [1.29, 1.82) is 0 Å². The van der Waals surface area contributed by atoms with Gasteiger partial charge in [0.05, 0.1) is 11.1 Å². The first-order valence-corrected chi connectivity index (χ1v) is 12.4. The van der Waals surface area contributed by atoms with E-state index in [1.165, 1.54) is 9.80 Å². The van der Waals surface area contributed by atoms with Crippen LogP contribution in [0.3, 0.4) is 0 Å². The number of carbonyl (C=O) groups excluding carboxylic acids is 4. The van der Waals surface area contributed by atoms with Crippen LogP contribution in [0.4, 0.5) is 0 Å². The van der Waals surface area contributed by atoms with Crippen molar-refractivity contribution in [2.75, 3.05) is 13.1 Å². The minimum Gasteiger partial charge on any atom is -0.275 e. The molecule has 2 aliphatic rings. The van der Waals surface area contributed by atoms with Crippen LogP contribution in [0.15, 0.2) is 36.4 Å². The fourth-order valence-electron chi connectivity index (χ4n) is 6.04. The molecule has 4 amide bonds. The summed E-state index contributed by atoms with van der Waals surface area (Å²) in [7, 11) is 0. The molecule has 0 bridgehead atoms. The minimum absolute atomic E-state index is 0.224. The molecule has 5 aromatic rings. The van der Waals surface area contributed by atoms with E-state index in [1.807, 2.05) is 12.1 Å². The number of hydrogen-bond donors (Lipinski definition) is 0. The summed E-state index contributed by atoms with van der Waals surface area (Å²) < 4.78 is 0. The predicted octanol–water partition coefficient (Wildman–Crippen LogP) is 6.28. The van der Waals surface area contributed by atoms with Gasteiger partial charge < -0.3 is 0 Å². The molecule has 5 aromatic carbocycles. The predicted molar refractivity (Wildman–Crippen MR) is 140 cm³/mol. The van der Waals surface area contributed by atoms with Crippen molar-refractivity contribution in [3.63, 3.8) is 0 Å². The monoisotopic (exact) mass is 514 g/mol. The number of fused-ring (bicyclic) bond motifs is 2. The molecular weight excluding hydrogens is 499 g/mol. The topological polar surface area (TPSA) is 74.8 Å². The van der Waals surface area contributed by atoms with Crippen molar-refractivity contribution in [3.8, 4) is 0 Å². The SMILES string of the molecule is CCN1C(=O)c2ccc3c4c(Cl)cc5c6c(cc(Cl)c(c7ccc(c2c37)C1=O)c64)C(=O)N(CC)C5=O. The zero-order valence-corrected chi connectivity index (χ0v) is 20.7. The van der Waals surface area contributed by atoms with E-state index in [-0.39, 0.29) is 24.9 Å². The highest BCUT2D eigenvalue weighted by atomic mass is 35.5. The van der Waals surface area contributed by atoms with E-state index in [9.17, 15) is 19.2 Å². The molecule has 0 saturated heterocycles. The number of amides is 4. The zero-order chi connectivity index (χ0) is 25.2. The van der Waals surface area contributed by atoms with Crippen molar-refractivity contribution < 1.29 is 19.2 Å². The molecule has 0 N–H and O–H groups in total. The second-order valence-electron chi connectivity index (χ2n) is 9.09. The number of rotatable bonds is 2. The summed E-state index contributed by atoms with van der Waals surface area (Å²) in [4.78, 5) is 55.3. The summed E-state index contributed by atoms with van der Waals surface area (Å²) in [5.74, 6) is -1.49. The molecule has 0 spiro atoms. The third kappa shape index (κ3) is 2.29. The van der Waals surface area contributed by atoms with Gasteiger partial charge in [-0.3, -0.25) is 29.0 Å². The Kier molecular flexibility index (Phi) is 4.15. The highest BCUT2D eigenvalue weighted by molar-refractivity contribution is 6.51. The Morgan fingerprint density at radius 2 is 0.917 bits per heavy atom. The summed E-state index contributed by atoms with van der Waals surface area (Å²) in [5, 5.41) is 5.83. The van der Waals surface area contributed by atoms with Crippen LogP contribution in [0.25, 0.3) is 43.1 Å². The van der Waals surface area contributed by atoms with Crippen molar-refractivity contribution in [3.05, 3.63) is 68.7 Å². The lowest BCUT2D eigenvalue weighted by Crippen LogP contribution is -2.40. The second kappa shape index (κ2) is 6.93. The molecule has 0 atom stereocenters. The molecule has 0 aromatic heterocycles. The third-order valence-electron chi connectivity index (χ3n) is 7.54. The first-order valence-electron chi connectivity index (χ1n) is 11.6. The molecule has 6 nitrogen and oxygen atoms in total. The van der Waals surface area contributed by atoms with Crippen LogP contribution in [-0.2, 0) is 0 Å². The fourth-order valence-corrected chi connectivity index (χ4v) is 6.65. The lowest BCUT2D eigenvalue weighted by atomic mass is 9.82. The van der Waals surface area contributed by atoms with Gasteiger partial charge in [0, 0.05) is 61.2 Å². The van der Waals surface area contributed by atoms with Crippen LogP contribution in [0.2, 0.25) is 10.0 Å². The van der Waals surface area contributed by atoms with E-state index >= 15 is 0 Å². The van der Waals surface area contributed by atoms with E-state index in [0.29, 0.717) is 64.6 Å². The number of benzene rings is 5. The molecular formula is C28H16Cl2N2O4. The highest BCUT2D eigenvalue weighted by Gasteiger charge is 2.37. The summed E-state index contributed by atoms with van der Waals surface area (Å²) in [5.41, 5.74) is 1.59. The molecule has 0 radical (unpaired) electrons. The molecule has 2 heterocycles. The Hall–Kier alpha value is -3.74. The number of imide groups is 2. The largest absolute Gasteiger partial charge is 0.275 e. The van der Waals surface area contributed by atoms with Gasteiger partial charge in [0.2, 0.25) is 0 Å². The standard InChI is InChI=1S/C28H16Cl2N2O4/c1-3-31-25(33)13-7-5-11-19-12(6-8-14(20(13)19)26(31)34)23-18(30)10-16-21-15(9-17(29)22(11)24(21)23)27(35)32(4-2)28(16)36/h5-10H,3-4H2,1-2H3. The highest BCUT2D eigenvalue weighted by Crippen LogP contribution is 2.50. The van der Waals surface area contributed by atoms with Crippen LogP contribution in [0.1, 0.15) is 55.3 Å². The van der Waals surface area contributed by atoms with Crippen LogP contribution in [-0.4, -0.2) is 46.5 Å². The number of hydrogen-bond acceptors (Lipinski definition) is 4. The molecule has 176 valence electrons. The van der Waals surface area contributed by atoms with Gasteiger partial charge in [0.25, 0.3) is 23.6 Å². The Morgan fingerprint density at radius 1 is 0.528 bits per heavy atom. The van der Waals surface area contributed by atoms with Gasteiger partial charge in [0.1, 0.15) is 0 Å². The quantitative estimate of drug-likeness (QED) is 0.158.